The molecule has 0 aliphatic heterocycles. The number of benzene rings is 1. The molecule has 0 aliphatic carbocycles. The van der Waals surface area contributed by atoms with E-state index < -0.39 is 0 Å². The quantitative estimate of drug-likeness (QED) is 0.589. The van der Waals surface area contributed by atoms with Crippen LogP contribution in [-0.4, -0.2) is 24.9 Å². The van der Waals surface area contributed by atoms with Gasteiger partial charge in [-0.05, 0) is 37.1 Å². The minimum atomic E-state index is -0.115. The van der Waals surface area contributed by atoms with E-state index in [4.69, 9.17) is 27.9 Å². The number of unbranched alkanes of at least 4 members (excludes halogenated alkanes) is 2. The van der Waals surface area contributed by atoms with Crippen molar-refractivity contribution in [3.05, 3.63) is 29.3 Å². The van der Waals surface area contributed by atoms with Gasteiger partial charge >= 0.3 is 0 Å². The first-order valence-electron chi connectivity index (χ1n) is 5.93. The van der Waals surface area contributed by atoms with Crippen LogP contribution >= 0.6 is 23.2 Å². The van der Waals surface area contributed by atoms with Crippen LogP contribution in [0.2, 0.25) is 5.02 Å². The smallest absolute Gasteiger partial charge is 0.257 e. The first-order valence-corrected chi connectivity index (χ1v) is 6.84. The van der Waals surface area contributed by atoms with Crippen LogP contribution in [-0.2, 0) is 4.79 Å². The summed E-state index contributed by atoms with van der Waals surface area (Å²) >= 11 is 11.3. The van der Waals surface area contributed by atoms with Crippen LogP contribution in [0.3, 0.4) is 0 Å². The highest BCUT2D eigenvalue weighted by atomic mass is 35.5. The molecule has 0 atom stereocenters. The molecule has 0 radical (unpaired) electrons. The Morgan fingerprint density at radius 1 is 1.17 bits per heavy atom. The van der Waals surface area contributed by atoms with Crippen LogP contribution in [0.1, 0.15) is 19.3 Å². The predicted molar refractivity (Wildman–Crippen MR) is 74.5 cm³/mol. The van der Waals surface area contributed by atoms with E-state index in [2.05, 4.69) is 5.32 Å². The third-order valence-corrected chi connectivity index (χ3v) is 2.84. The Kier molecular flexibility index (Phi) is 7.62. The van der Waals surface area contributed by atoms with Crippen molar-refractivity contribution in [2.75, 3.05) is 19.0 Å². The van der Waals surface area contributed by atoms with E-state index >= 15 is 0 Å². The third-order valence-electron chi connectivity index (χ3n) is 2.32. The number of halogens is 2. The number of carbonyl (C=O) groups is 1. The van der Waals surface area contributed by atoms with Crippen LogP contribution in [0.4, 0.5) is 0 Å². The summed E-state index contributed by atoms with van der Waals surface area (Å²) in [4.78, 5) is 11.4. The number of rotatable bonds is 8. The first-order chi connectivity index (χ1) is 8.72. The van der Waals surface area contributed by atoms with Crippen LogP contribution in [0, 0.1) is 0 Å². The second-order valence-corrected chi connectivity index (χ2v) is 4.66. The summed E-state index contributed by atoms with van der Waals surface area (Å²) in [7, 11) is 0. The normalized spacial score (nSPS) is 10.1. The number of hydrogen-bond acceptors (Lipinski definition) is 2. The molecule has 3 nitrogen and oxygen atoms in total. The summed E-state index contributed by atoms with van der Waals surface area (Å²) in [5, 5.41) is 3.43. The zero-order chi connectivity index (χ0) is 13.2. The lowest BCUT2D eigenvalue weighted by Crippen LogP contribution is -2.29. The van der Waals surface area contributed by atoms with Crippen molar-refractivity contribution in [1.29, 1.82) is 0 Å². The summed E-state index contributed by atoms with van der Waals surface area (Å²) < 4.78 is 5.31. The van der Waals surface area contributed by atoms with Gasteiger partial charge in [-0.2, -0.15) is 0 Å². The van der Waals surface area contributed by atoms with Gasteiger partial charge in [-0.15, -0.1) is 11.6 Å². The van der Waals surface area contributed by atoms with Gasteiger partial charge in [0.05, 0.1) is 0 Å². The Morgan fingerprint density at radius 2 is 1.89 bits per heavy atom. The Balaban J connectivity index is 2.11. The molecule has 0 aromatic heterocycles. The van der Waals surface area contributed by atoms with E-state index in [0.29, 0.717) is 23.2 Å². The van der Waals surface area contributed by atoms with Crippen molar-refractivity contribution in [3.8, 4) is 5.75 Å². The van der Waals surface area contributed by atoms with Crippen LogP contribution in [0.5, 0.6) is 5.75 Å². The fourth-order valence-electron chi connectivity index (χ4n) is 1.35. The number of carbonyl (C=O) groups excluding carboxylic acids is 1. The molecule has 1 rings (SSSR count). The molecule has 18 heavy (non-hydrogen) atoms. The van der Waals surface area contributed by atoms with Gasteiger partial charge in [0.15, 0.2) is 6.61 Å². The molecule has 0 unspecified atom stereocenters. The van der Waals surface area contributed by atoms with Crippen molar-refractivity contribution in [2.24, 2.45) is 0 Å². The van der Waals surface area contributed by atoms with E-state index in [-0.39, 0.29) is 12.5 Å². The number of nitrogens with one attached hydrogen (secondary N) is 1. The molecule has 1 amide bonds. The van der Waals surface area contributed by atoms with Gasteiger partial charge in [-0.25, -0.2) is 0 Å². The molecule has 1 N–H and O–H groups in total. The van der Waals surface area contributed by atoms with E-state index in [1.807, 2.05) is 0 Å². The molecule has 0 fully saturated rings. The molecule has 0 saturated carbocycles. The van der Waals surface area contributed by atoms with E-state index in [1.54, 1.807) is 24.3 Å². The molecule has 0 saturated heterocycles. The average molecular weight is 290 g/mol. The number of hydrogen-bond donors (Lipinski definition) is 1. The molecule has 0 bridgehead atoms. The Bertz CT molecular complexity index is 355. The molecular weight excluding hydrogens is 273 g/mol. The average Bonchev–Trinajstić information content (AvgIpc) is 2.38. The standard InChI is InChI=1S/C13H17Cl2NO2/c14-8-2-1-3-9-16-13(17)10-18-12-6-4-11(15)5-7-12/h4-7H,1-3,8-10H2,(H,16,17). The summed E-state index contributed by atoms with van der Waals surface area (Å²) in [6.45, 7) is 0.691. The third kappa shape index (κ3) is 6.72. The highest BCUT2D eigenvalue weighted by Crippen LogP contribution is 2.15. The minimum absolute atomic E-state index is 0.0249. The van der Waals surface area contributed by atoms with Gasteiger partial charge in [0, 0.05) is 17.4 Å². The van der Waals surface area contributed by atoms with Gasteiger partial charge in [-0.1, -0.05) is 18.0 Å². The Morgan fingerprint density at radius 3 is 2.56 bits per heavy atom. The van der Waals surface area contributed by atoms with Gasteiger partial charge in [0.25, 0.3) is 5.91 Å². The molecule has 100 valence electrons. The number of alkyl halides is 1. The second-order valence-electron chi connectivity index (χ2n) is 3.84. The zero-order valence-corrected chi connectivity index (χ0v) is 11.6. The largest absolute Gasteiger partial charge is 0.484 e. The lowest BCUT2D eigenvalue weighted by Gasteiger charge is -2.07. The van der Waals surface area contributed by atoms with Gasteiger partial charge < -0.3 is 10.1 Å². The topological polar surface area (TPSA) is 38.3 Å². The maximum atomic E-state index is 11.4. The maximum absolute atomic E-state index is 11.4. The van der Waals surface area contributed by atoms with Crippen molar-refractivity contribution in [3.63, 3.8) is 0 Å². The molecule has 0 aliphatic rings. The molecule has 1 aromatic rings. The van der Waals surface area contributed by atoms with E-state index in [1.165, 1.54) is 0 Å². The van der Waals surface area contributed by atoms with Crippen LogP contribution in [0.25, 0.3) is 0 Å². The minimum Gasteiger partial charge on any atom is -0.484 e. The van der Waals surface area contributed by atoms with Crippen molar-refractivity contribution in [1.82, 2.24) is 5.32 Å². The monoisotopic (exact) mass is 289 g/mol. The Hall–Kier alpha value is -0.930. The number of amides is 1. The SMILES string of the molecule is O=C(COc1ccc(Cl)cc1)NCCCCCCl. The highest BCUT2D eigenvalue weighted by Gasteiger charge is 2.01. The highest BCUT2D eigenvalue weighted by molar-refractivity contribution is 6.30. The van der Waals surface area contributed by atoms with Crippen molar-refractivity contribution < 1.29 is 9.53 Å². The summed E-state index contributed by atoms with van der Waals surface area (Å²) in [6.07, 6.45) is 2.96. The van der Waals surface area contributed by atoms with E-state index in [0.717, 1.165) is 19.3 Å². The molecular formula is C13H17Cl2NO2. The molecule has 1 aromatic carbocycles. The number of ether oxygens (including phenoxy) is 1. The summed E-state index contributed by atoms with van der Waals surface area (Å²) in [6, 6.07) is 6.91. The van der Waals surface area contributed by atoms with Crippen LogP contribution in [0.15, 0.2) is 24.3 Å². The summed E-state index contributed by atoms with van der Waals surface area (Å²) in [5.41, 5.74) is 0. The lowest BCUT2D eigenvalue weighted by atomic mass is 10.2. The van der Waals surface area contributed by atoms with Gasteiger partial charge in [0.1, 0.15) is 5.75 Å². The van der Waals surface area contributed by atoms with E-state index in [9.17, 15) is 4.79 Å². The first kappa shape index (κ1) is 15.1. The van der Waals surface area contributed by atoms with Crippen molar-refractivity contribution >= 4 is 29.1 Å². The summed E-state index contributed by atoms with van der Waals surface area (Å²) in [5.74, 6) is 1.20. The maximum Gasteiger partial charge on any atom is 0.257 e. The fraction of sp³-hybridized carbons (Fsp3) is 0.462. The Labute approximate surface area is 117 Å². The van der Waals surface area contributed by atoms with Crippen molar-refractivity contribution in [2.45, 2.75) is 19.3 Å². The molecule has 0 heterocycles. The molecule has 0 spiro atoms. The zero-order valence-electron chi connectivity index (χ0n) is 10.1. The second kappa shape index (κ2) is 9.06. The van der Waals surface area contributed by atoms with Gasteiger partial charge in [-0.3, -0.25) is 4.79 Å². The lowest BCUT2D eigenvalue weighted by molar-refractivity contribution is -0.123. The van der Waals surface area contributed by atoms with Gasteiger partial charge in [0.2, 0.25) is 0 Å². The fourth-order valence-corrected chi connectivity index (χ4v) is 1.67. The van der Waals surface area contributed by atoms with Crippen LogP contribution < -0.4 is 10.1 Å². The predicted octanol–water partition coefficient (Wildman–Crippen LogP) is 3.24. The molecule has 5 heteroatoms.